The van der Waals surface area contributed by atoms with Crippen LogP contribution in [-0.4, -0.2) is 12.1 Å². The van der Waals surface area contributed by atoms with Crippen LogP contribution in [0, 0.1) is 5.41 Å². The fourth-order valence-corrected chi connectivity index (χ4v) is 0.929. The molecule has 0 aromatic rings. The van der Waals surface area contributed by atoms with Gasteiger partial charge in [0.15, 0.2) is 0 Å². The SMILES string of the molecule is C/C(CC(C)(C)C)=N\OC(F)(F)F. The average molecular weight is 197 g/mol. The number of rotatable bonds is 2. The lowest BCUT2D eigenvalue weighted by molar-refractivity contribution is -0.325. The highest BCUT2D eigenvalue weighted by Crippen LogP contribution is 2.21. The molecule has 2 nitrogen and oxygen atoms in total. The molecule has 0 N–H and O–H groups in total. The van der Waals surface area contributed by atoms with Crippen LogP contribution >= 0.6 is 0 Å². The van der Waals surface area contributed by atoms with Crippen LogP contribution in [0.3, 0.4) is 0 Å². The Hall–Kier alpha value is -0.740. The zero-order valence-corrected chi connectivity index (χ0v) is 8.20. The molecule has 0 radical (unpaired) electrons. The Morgan fingerprint density at radius 2 is 1.69 bits per heavy atom. The first kappa shape index (κ1) is 12.3. The lowest BCUT2D eigenvalue weighted by Crippen LogP contribution is -2.14. The third-order valence-corrected chi connectivity index (χ3v) is 1.09. The van der Waals surface area contributed by atoms with Crippen molar-refractivity contribution >= 4 is 5.71 Å². The van der Waals surface area contributed by atoms with Crippen molar-refractivity contribution < 1.29 is 18.0 Å². The van der Waals surface area contributed by atoms with Crippen LogP contribution in [0.2, 0.25) is 0 Å². The van der Waals surface area contributed by atoms with Gasteiger partial charge in [-0.25, -0.2) is 0 Å². The zero-order valence-electron chi connectivity index (χ0n) is 8.20. The normalized spacial score (nSPS) is 14.5. The summed E-state index contributed by atoms with van der Waals surface area (Å²) in [6.07, 6.45) is -4.21. The van der Waals surface area contributed by atoms with E-state index >= 15 is 0 Å². The molecular formula is C8H14F3NO. The maximum Gasteiger partial charge on any atom is 0.593 e. The highest BCUT2D eigenvalue weighted by molar-refractivity contribution is 5.81. The minimum atomic E-state index is -4.68. The second kappa shape index (κ2) is 3.98. The van der Waals surface area contributed by atoms with Crippen molar-refractivity contribution in [3.63, 3.8) is 0 Å². The maximum atomic E-state index is 11.5. The Labute approximate surface area is 75.8 Å². The van der Waals surface area contributed by atoms with Gasteiger partial charge in [0, 0.05) is 0 Å². The van der Waals surface area contributed by atoms with Gasteiger partial charge in [-0.1, -0.05) is 25.9 Å². The predicted octanol–water partition coefficient (Wildman–Crippen LogP) is 3.33. The quantitative estimate of drug-likeness (QED) is 0.491. The molecule has 0 aliphatic rings. The lowest BCUT2D eigenvalue weighted by Gasteiger charge is -2.17. The Bertz CT molecular complexity index is 191. The molecule has 0 atom stereocenters. The Morgan fingerprint density at radius 1 is 1.23 bits per heavy atom. The second-order valence-corrected chi connectivity index (χ2v) is 4.10. The van der Waals surface area contributed by atoms with E-state index in [-0.39, 0.29) is 5.41 Å². The van der Waals surface area contributed by atoms with Gasteiger partial charge in [-0.3, -0.25) is 4.84 Å². The molecule has 78 valence electrons. The lowest BCUT2D eigenvalue weighted by atomic mass is 9.90. The van der Waals surface area contributed by atoms with Gasteiger partial charge < -0.3 is 0 Å². The van der Waals surface area contributed by atoms with Crippen LogP contribution < -0.4 is 0 Å². The van der Waals surface area contributed by atoms with E-state index in [9.17, 15) is 13.2 Å². The minimum Gasteiger partial charge on any atom is -0.294 e. The number of hydrogen-bond donors (Lipinski definition) is 0. The van der Waals surface area contributed by atoms with Gasteiger partial charge in [0.1, 0.15) is 0 Å². The largest absolute Gasteiger partial charge is 0.593 e. The first-order valence-electron chi connectivity index (χ1n) is 3.88. The summed E-state index contributed by atoms with van der Waals surface area (Å²) in [5, 5.41) is 2.97. The van der Waals surface area contributed by atoms with E-state index < -0.39 is 6.36 Å². The summed E-state index contributed by atoms with van der Waals surface area (Å²) < 4.78 is 34.6. The molecule has 0 amide bonds. The van der Waals surface area contributed by atoms with Crippen LogP contribution in [0.4, 0.5) is 13.2 Å². The van der Waals surface area contributed by atoms with Gasteiger partial charge in [-0.15, -0.1) is 13.2 Å². The van der Waals surface area contributed by atoms with Crippen LogP contribution in [0.5, 0.6) is 0 Å². The molecule has 0 bridgehead atoms. The Kier molecular flexibility index (Phi) is 3.75. The molecule has 0 spiro atoms. The molecule has 0 unspecified atom stereocenters. The standard InChI is InChI=1S/C8H14F3NO/c1-6(5-7(2,3)4)12-13-8(9,10)11/h5H2,1-4H3/b12-6+. The number of halogens is 3. The average Bonchev–Trinajstić information content (AvgIpc) is 1.78. The van der Waals surface area contributed by atoms with Crippen LogP contribution in [-0.2, 0) is 4.84 Å². The van der Waals surface area contributed by atoms with Gasteiger partial charge in [0.2, 0.25) is 0 Å². The molecule has 13 heavy (non-hydrogen) atoms. The van der Waals surface area contributed by atoms with E-state index in [4.69, 9.17) is 0 Å². The van der Waals surface area contributed by atoms with Crippen molar-refractivity contribution in [3.8, 4) is 0 Å². The van der Waals surface area contributed by atoms with E-state index in [1.54, 1.807) is 0 Å². The smallest absolute Gasteiger partial charge is 0.294 e. The fraction of sp³-hybridized carbons (Fsp3) is 0.875. The summed E-state index contributed by atoms with van der Waals surface area (Å²) in [7, 11) is 0. The molecule has 0 saturated heterocycles. The number of hydrogen-bond acceptors (Lipinski definition) is 2. The molecular weight excluding hydrogens is 183 g/mol. The highest BCUT2D eigenvalue weighted by atomic mass is 19.4. The minimum absolute atomic E-state index is 0.0808. The summed E-state index contributed by atoms with van der Waals surface area (Å²) >= 11 is 0. The maximum absolute atomic E-state index is 11.5. The van der Waals surface area contributed by atoms with E-state index in [2.05, 4.69) is 9.99 Å². The van der Waals surface area contributed by atoms with Crippen molar-refractivity contribution in [1.82, 2.24) is 0 Å². The first-order valence-corrected chi connectivity index (χ1v) is 3.88. The monoisotopic (exact) mass is 197 g/mol. The summed E-state index contributed by atoms with van der Waals surface area (Å²) in [5.74, 6) is 0. The number of nitrogens with zero attached hydrogens (tertiary/aromatic N) is 1. The fourth-order valence-electron chi connectivity index (χ4n) is 0.929. The van der Waals surface area contributed by atoms with E-state index in [1.807, 2.05) is 20.8 Å². The summed E-state index contributed by atoms with van der Waals surface area (Å²) in [5.41, 5.74) is 0.257. The molecule has 0 aromatic carbocycles. The topological polar surface area (TPSA) is 21.6 Å². The van der Waals surface area contributed by atoms with E-state index in [1.165, 1.54) is 6.92 Å². The third kappa shape index (κ3) is 9.17. The van der Waals surface area contributed by atoms with E-state index in [0.717, 1.165) is 0 Å². The summed E-state index contributed by atoms with van der Waals surface area (Å²) in [4.78, 5) is 3.32. The molecule has 0 heterocycles. The molecule has 0 fully saturated rings. The van der Waals surface area contributed by atoms with Crippen LogP contribution in [0.25, 0.3) is 0 Å². The molecule has 0 rings (SSSR count). The molecule has 0 aliphatic heterocycles. The van der Waals surface area contributed by atoms with Crippen molar-refractivity contribution in [3.05, 3.63) is 0 Å². The number of alkyl halides is 3. The van der Waals surface area contributed by atoms with Gasteiger partial charge in [0.05, 0.1) is 5.71 Å². The van der Waals surface area contributed by atoms with Gasteiger partial charge in [0.25, 0.3) is 0 Å². The molecule has 5 heteroatoms. The molecule has 0 saturated carbocycles. The predicted molar refractivity (Wildman–Crippen MR) is 44.3 cm³/mol. The van der Waals surface area contributed by atoms with Crippen LogP contribution in [0.1, 0.15) is 34.1 Å². The molecule has 0 aromatic heterocycles. The van der Waals surface area contributed by atoms with Crippen LogP contribution in [0.15, 0.2) is 5.16 Å². The zero-order chi connectivity index (χ0) is 10.7. The summed E-state index contributed by atoms with van der Waals surface area (Å²) in [6.45, 7) is 7.26. The van der Waals surface area contributed by atoms with E-state index in [0.29, 0.717) is 12.1 Å². The summed E-state index contributed by atoms with van der Waals surface area (Å²) in [6, 6.07) is 0. The Morgan fingerprint density at radius 3 is 2.00 bits per heavy atom. The van der Waals surface area contributed by atoms with Gasteiger partial charge in [-0.2, -0.15) is 0 Å². The van der Waals surface area contributed by atoms with Gasteiger partial charge in [-0.05, 0) is 18.8 Å². The second-order valence-electron chi connectivity index (χ2n) is 4.10. The Balaban J connectivity index is 4.05. The van der Waals surface area contributed by atoms with Gasteiger partial charge >= 0.3 is 6.36 Å². The van der Waals surface area contributed by atoms with Crippen molar-refractivity contribution in [2.75, 3.05) is 0 Å². The molecule has 0 aliphatic carbocycles. The van der Waals surface area contributed by atoms with Crippen molar-refractivity contribution in [2.24, 2.45) is 10.6 Å². The highest BCUT2D eigenvalue weighted by Gasteiger charge is 2.31. The third-order valence-electron chi connectivity index (χ3n) is 1.09. The van der Waals surface area contributed by atoms with Crippen molar-refractivity contribution in [1.29, 1.82) is 0 Å². The first-order chi connectivity index (χ1) is 5.60. The number of oxime groups is 1. The van der Waals surface area contributed by atoms with Crippen molar-refractivity contribution in [2.45, 2.75) is 40.5 Å².